The molecule has 13 heavy (non-hydrogen) atoms. The normalized spacial score (nSPS) is 9.92. The topological polar surface area (TPSA) is 24.9 Å². The van der Waals surface area contributed by atoms with Gasteiger partial charge < -0.3 is 5.32 Å². The maximum Gasteiger partial charge on any atom is 0.187 e. The molecule has 1 N–H and O–H groups in total. The number of rotatable bonds is 2. The number of nitrogens with zero attached hydrogens (tertiary/aromatic N) is 1. The first-order valence-electron chi connectivity index (χ1n) is 4.00. The van der Waals surface area contributed by atoms with Crippen molar-refractivity contribution in [2.75, 3.05) is 5.32 Å². The van der Waals surface area contributed by atoms with Gasteiger partial charge in [-0.2, -0.15) is 0 Å². The minimum absolute atomic E-state index is 0.879. The first-order valence-corrected chi connectivity index (χ1v) is 4.82. The van der Waals surface area contributed by atoms with Gasteiger partial charge in [0.05, 0.1) is 5.38 Å². The second-order valence-corrected chi connectivity index (χ2v) is 3.60. The van der Waals surface area contributed by atoms with Gasteiger partial charge in [-0.1, -0.05) is 29.0 Å². The van der Waals surface area contributed by atoms with E-state index in [9.17, 15) is 0 Å². The SMILES string of the molecule is Cc1ccc(Nc2nc[c]s2)cc1. The van der Waals surface area contributed by atoms with Crippen molar-refractivity contribution in [2.24, 2.45) is 0 Å². The summed E-state index contributed by atoms with van der Waals surface area (Å²) in [4.78, 5) is 4.09. The summed E-state index contributed by atoms with van der Waals surface area (Å²) in [5, 5.41) is 7.00. The summed E-state index contributed by atoms with van der Waals surface area (Å²) in [7, 11) is 0. The zero-order valence-electron chi connectivity index (χ0n) is 7.24. The molecule has 2 aromatic rings. The molecule has 65 valence electrons. The Labute approximate surface area is 81.3 Å². The zero-order chi connectivity index (χ0) is 9.10. The predicted octanol–water partition coefficient (Wildman–Crippen LogP) is 3.00. The number of hydrogen-bond donors (Lipinski definition) is 1. The van der Waals surface area contributed by atoms with Crippen LogP contribution in [0.5, 0.6) is 0 Å². The molecular weight excluding hydrogens is 180 g/mol. The third-order valence-corrected chi connectivity index (χ3v) is 2.32. The minimum atomic E-state index is 0.879. The van der Waals surface area contributed by atoms with E-state index in [1.165, 1.54) is 16.9 Å². The van der Waals surface area contributed by atoms with Crippen LogP contribution in [0.25, 0.3) is 0 Å². The molecule has 1 aromatic carbocycles. The van der Waals surface area contributed by atoms with Crippen molar-refractivity contribution in [3.63, 3.8) is 0 Å². The Balaban J connectivity index is 2.15. The van der Waals surface area contributed by atoms with E-state index in [1.54, 1.807) is 6.20 Å². The molecule has 0 aliphatic carbocycles. The molecule has 0 fully saturated rings. The molecule has 1 radical (unpaired) electrons. The third kappa shape index (κ3) is 2.06. The molecule has 0 aliphatic heterocycles. The molecule has 1 aromatic heterocycles. The monoisotopic (exact) mass is 189 g/mol. The maximum atomic E-state index is 4.09. The maximum absolute atomic E-state index is 4.09. The minimum Gasteiger partial charge on any atom is -0.332 e. The lowest BCUT2D eigenvalue weighted by molar-refractivity contribution is 1.38. The van der Waals surface area contributed by atoms with Gasteiger partial charge in [0.25, 0.3) is 0 Å². The highest BCUT2D eigenvalue weighted by Crippen LogP contribution is 2.17. The number of aromatic nitrogens is 1. The quantitative estimate of drug-likeness (QED) is 0.785. The summed E-state index contributed by atoms with van der Waals surface area (Å²) in [5.41, 5.74) is 2.32. The standard InChI is InChI=1S/C10H9N2S/c1-8-2-4-9(5-3-8)12-10-11-6-7-13-10/h2-6H,1H3,(H,11,12). The van der Waals surface area contributed by atoms with E-state index in [0.717, 1.165) is 10.8 Å². The molecule has 2 rings (SSSR count). The molecule has 0 atom stereocenters. The summed E-state index contributed by atoms with van der Waals surface area (Å²) >= 11 is 1.47. The van der Waals surface area contributed by atoms with Gasteiger partial charge in [0.1, 0.15) is 0 Å². The van der Waals surface area contributed by atoms with Crippen LogP contribution >= 0.6 is 11.3 Å². The van der Waals surface area contributed by atoms with E-state index in [2.05, 4.69) is 34.7 Å². The van der Waals surface area contributed by atoms with Crippen LogP contribution in [0.3, 0.4) is 0 Å². The van der Waals surface area contributed by atoms with Crippen molar-refractivity contribution < 1.29 is 0 Å². The Morgan fingerprint density at radius 1 is 1.31 bits per heavy atom. The lowest BCUT2D eigenvalue weighted by Crippen LogP contribution is -1.88. The van der Waals surface area contributed by atoms with Gasteiger partial charge in [-0.3, -0.25) is 0 Å². The lowest BCUT2D eigenvalue weighted by Gasteiger charge is -2.01. The van der Waals surface area contributed by atoms with Gasteiger partial charge in [-0.15, -0.1) is 0 Å². The molecule has 0 spiro atoms. The van der Waals surface area contributed by atoms with E-state index in [-0.39, 0.29) is 0 Å². The average Bonchev–Trinajstić information content (AvgIpc) is 2.62. The van der Waals surface area contributed by atoms with Crippen molar-refractivity contribution in [1.29, 1.82) is 0 Å². The van der Waals surface area contributed by atoms with Gasteiger partial charge >= 0.3 is 0 Å². The van der Waals surface area contributed by atoms with E-state index in [4.69, 9.17) is 0 Å². The highest BCUT2D eigenvalue weighted by molar-refractivity contribution is 7.13. The Bertz CT molecular complexity index is 364. The van der Waals surface area contributed by atoms with E-state index in [0.29, 0.717) is 0 Å². The van der Waals surface area contributed by atoms with Crippen LogP contribution in [0, 0.1) is 12.3 Å². The number of nitrogens with one attached hydrogen (secondary N) is 1. The van der Waals surface area contributed by atoms with Crippen LogP contribution in [-0.2, 0) is 0 Å². The molecule has 0 aliphatic rings. The van der Waals surface area contributed by atoms with Crippen molar-refractivity contribution in [1.82, 2.24) is 4.98 Å². The van der Waals surface area contributed by atoms with Gasteiger partial charge in [0.15, 0.2) is 5.13 Å². The van der Waals surface area contributed by atoms with E-state index >= 15 is 0 Å². The summed E-state index contributed by atoms with van der Waals surface area (Å²) in [6.45, 7) is 2.07. The first kappa shape index (κ1) is 8.26. The molecule has 0 saturated heterocycles. The van der Waals surface area contributed by atoms with Gasteiger partial charge in [0, 0.05) is 11.9 Å². The molecule has 1 heterocycles. The van der Waals surface area contributed by atoms with Gasteiger partial charge in [-0.25, -0.2) is 4.98 Å². The molecule has 3 heteroatoms. The Hall–Kier alpha value is -1.35. The fourth-order valence-corrected chi connectivity index (χ4v) is 1.50. The first-order chi connectivity index (χ1) is 6.34. The van der Waals surface area contributed by atoms with Gasteiger partial charge in [0.2, 0.25) is 0 Å². The van der Waals surface area contributed by atoms with Crippen LogP contribution in [-0.4, -0.2) is 4.98 Å². The van der Waals surface area contributed by atoms with Crippen LogP contribution in [0.15, 0.2) is 30.5 Å². The molecule has 2 nitrogen and oxygen atoms in total. The highest BCUT2D eigenvalue weighted by atomic mass is 32.1. The summed E-state index contributed by atoms with van der Waals surface area (Å²) in [5.74, 6) is 0. The highest BCUT2D eigenvalue weighted by Gasteiger charge is 1.95. The summed E-state index contributed by atoms with van der Waals surface area (Å²) in [6, 6.07) is 8.22. The Morgan fingerprint density at radius 3 is 2.69 bits per heavy atom. The molecule has 0 amide bonds. The fraction of sp³-hybridized carbons (Fsp3) is 0.100. The number of aryl methyl sites for hydroxylation is 1. The Morgan fingerprint density at radius 2 is 2.08 bits per heavy atom. The number of hydrogen-bond acceptors (Lipinski definition) is 3. The van der Waals surface area contributed by atoms with Crippen molar-refractivity contribution >= 4 is 22.2 Å². The second-order valence-electron chi connectivity index (χ2n) is 2.77. The average molecular weight is 189 g/mol. The third-order valence-electron chi connectivity index (χ3n) is 1.69. The lowest BCUT2D eigenvalue weighted by atomic mass is 10.2. The van der Waals surface area contributed by atoms with Crippen molar-refractivity contribution in [3.05, 3.63) is 41.4 Å². The number of thiazole rings is 1. The van der Waals surface area contributed by atoms with Crippen LogP contribution in [0.2, 0.25) is 0 Å². The molecular formula is C10H9N2S. The molecule has 0 bridgehead atoms. The Kier molecular flexibility index (Phi) is 2.27. The molecule has 0 saturated carbocycles. The van der Waals surface area contributed by atoms with E-state index in [1.807, 2.05) is 12.1 Å². The summed E-state index contributed by atoms with van der Waals surface area (Å²) < 4.78 is 0. The zero-order valence-corrected chi connectivity index (χ0v) is 8.06. The van der Waals surface area contributed by atoms with Crippen LogP contribution in [0.4, 0.5) is 10.8 Å². The predicted molar refractivity (Wildman–Crippen MR) is 55.4 cm³/mol. The van der Waals surface area contributed by atoms with Crippen molar-refractivity contribution in [2.45, 2.75) is 6.92 Å². The second kappa shape index (κ2) is 3.58. The van der Waals surface area contributed by atoms with E-state index < -0.39 is 0 Å². The van der Waals surface area contributed by atoms with Gasteiger partial charge in [-0.05, 0) is 19.1 Å². The van der Waals surface area contributed by atoms with Crippen LogP contribution in [0.1, 0.15) is 5.56 Å². The van der Waals surface area contributed by atoms with Crippen LogP contribution < -0.4 is 5.32 Å². The smallest absolute Gasteiger partial charge is 0.187 e. The fourth-order valence-electron chi connectivity index (χ4n) is 1.01. The number of anilines is 2. The largest absolute Gasteiger partial charge is 0.332 e. The number of benzene rings is 1. The van der Waals surface area contributed by atoms with Crippen molar-refractivity contribution in [3.8, 4) is 0 Å². The summed E-state index contributed by atoms with van der Waals surface area (Å²) in [6.07, 6.45) is 1.67. The molecule has 0 unspecified atom stereocenters.